The van der Waals surface area contributed by atoms with Crippen molar-refractivity contribution in [3.05, 3.63) is 35.4 Å². The molecule has 0 atom stereocenters. The van der Waals surface area contributed by atoms with E-state index < -0.39 is 0 Å². The van der Waals surface area contributed by atoms with Crippen LogP contribution in [0.25, 0.3) is 0 Å². The van der Waals surface area contributed by atoms with E-state index in [1.54, 1.807) is 19.2 Å². The van der Waals surface area contributed by atoms with Gasteiger partial charge in [-0.3, -0.25) is 4.99 Å². The summed E-state index contributed by atoms with van der Waals surface area (Å²) >= 11 is 0. The molecule has 0 saturated heterocycles. The number of nitriles is 1. The summed E-state index contributed by atoms with van der Waals surface area (Å²) in [4.78, 5) is 4.05. The van der Waals surface area contributed by atoms with Crippen LogP contribution in [0, 0.1) is 11.3 Å². The fourth-order valence-electron chi connectivity index (χ4n) is 0.915. The van der Waals surface area contributed by atoms with Gasteiger partial charge in [-0.2, -0.15) is 5.26 Å². The van der Waals surface area contributed by atoms with Gasteiger partial charge in [-0.05, 0) is 24.6 Å². The average Bonchev–Trinajstić information content (AvgIpc) is 2.17. The second kappa shape index (κ2) is 3.68. The fraction of sp³-hybridized carbons (Fsp3) is 0.200. The van der Waals surface area contributed by atoms with E-state index in [1.807, 2.05) is 19.1 Å². The summed E-state index contributed by atoms with van der Waals surface area (Å²) in [7, 11) is 1.76. The van der Waals surface area contributed by atoms with Gasteiger partial charge in [0.1, 0.15) is 0 Å². The zero-order chi connectivity index (χ0) is 8.97. The van der Waals surface area contributed by atoms with Crippen molar-refractivity contribution in [3.8, 4) is 6.07 Å². The van der Waals surface area contributed by atoms with Gasteiger partial charge in [-0.15, -0.1) is 0 Å². The molecule has 0 bridgehead atoms. The lowest BCUT2D eigenvalue weighted by molar-refractivity contribution is 1.40. The molecule has 0 unspecified atom stereocenters. The van der Waals surface area contributed by atoms with E-state index in [0.29, 0.717) is 5.56 Å². The zero-order valence-electron chi connectivity index (χ0n) is 7.20. The molecular weight excluding hydrogens is 148 g/mol. The van der Waals surface area contributed by atoms with Crippen LogP contribution in [0.15, 0.2) is 29.3 Å². The van der Waals surface area contributed by atoms with Crippen molar-refractivity contribution in [2.45, 2.75) is 6.92 Å². The minimum absolute atomic E-state index is 0.683. The van der Waals surface area contributed by atoms with E-state index in [1.165, 1.54) is 0 Å². The Balaban J connectivity index is 3.02. The molecule has 2 heteroatoms. The Morgan fingerprint density at radius 2 is 1.92 bits per heavy atom. The highest BCUT2D eigenvalue weighted by atomic mass is 14.7. The Bertz CT molecular complexity index is 328. The van der Waals surface area contributed by atoms with E-state index in [-0.39, 0.29) is 0 Å². The maximum atomic E-state index is 8.54. The third-order valence-corrected chi connectivity index (χ3v) is 1.77. The largest absolute Gasteiger partial charge is 0.293 e. The second-order valence-electron chi connectivity index (χ2n) is 2.50. The van der Waals surface area contributed by atoms with E-state index in [0.717, 1.165) is 11.3 Å². The molecule has 60 valence electrons. The normalized spacial score (nSPS) is 10.9. The van der Waals surface area contributed by atoms with Crippen LogP contribution in [0.1, 0.15) is 18.1 Å². The Labute approximate surface area is 72.2 Å². The van der Waals surface area contributed by atoms with Crippen LogP contribution in [-0.4, -0.2) is 12.8 Å². The molecule has 2 nitrogen and oxygen atoms in total. The topological polar surface area (TPSA) is 36.1 Å². The first-order valence-corrected chi connectivity index (χ1v) is 3.72. The van der Waals surface area contributed by atoms with Gasteiger partial charge in [0.15, 0.2) is 0 Å². The van der Waals surface area contributed by atoms with Gasteiger partial charge in [0.05, 0.1) is 11.6 Å². The number of hydrogen-bond acceptors (Lipinski definition) is 2. The number of rotatable bonds is 1. The van der Waals surface area contributed by atoms with Crippen LogP contribution in [0.2, 0.25) is 0 Å². The van der Waals surface area contributed by atoms with Crippen molar-refractivity contribution >= 4 is 5.71 Å². The lowest BCUT2D eigenvalue weighted by Gasteiger charge is -1.97. The van der Waals surface area contributed by atoms with E-state index in [9.17, 15) is 0 Å². The highest BCUT2D eigenvalue weighted by Crippen LogP contribution is 2.04. The number of nitrogens with zero attached hydrogens (tertiary/aromatic N) is 2. The highest BCUT2D eigenvalue weighted by molar-refractivity contribution is 5.98. The smallest absolute Gasteiger partial charge is 0.0991 e. The Morgan fingerprint density at radius 1 is 1.33 bits per heavy atom. The molecule has 1 aromatic rings. The van der Waals surface area contributed by atoms with Gasteiger partial charge >= 0.3 is 0 Å². The lowest BCUT2D eigenvalue weighted by Crippen LogP contribution is -1.93. The number of aliphatic imine (C=N–C) groups is 1. The number of benzene rings is 1. The molecule has 0 aliphatic rings. The first-order valence-electron chi connectivity index (χ1n) is 3.72. The average molecular weight is 158 g/mol. The fourth-order valence-corrected chi connectivity index (χ4v) is 0.915. The van der Waals surface area contributed by atoms with E-state index >= 15 is 0 Å². The molecular formula is C10H10N2. The summed E-state index contributed by atoms with van der Waals surface area (Å²) in [5, 5.41) is 8.54. The number of hydrogen-bond donors (Lipinski definition) is 0. The zero-order valence-corrected chi connectivity index (χ0v) is 7.20. The maximum absolute atomic E-state index is 8.54. The van der Waals surface area contributed by atoms with Gasteiger partial charge < -0.3 is 0 Å². The van der Waals surface area contributed by atoms with E-state index in [4.69, 9.17) is 5.26 Å². The molecule has 0 heterocycles. The predicted molar refractivity (Wildman–Crippen MR) is 49.3 cm³/mol. The van der Waals surface area contributed by atoms with Crippen molar-refractivity contribution in [2.75, 3.05) is 7.05 Å². The Hall–Kier alpha value is -1.62. The molecule has 0 aliphatic heterocycles. The Kier molecular flexibility index (Phi) is 2.60. The molecule has 0 N–H and O–H groups in total. The van der Waals surface area contributed by atoms with Gasteiger partial charge in [-0.1, -0.05) is 12.1 Å². The quantitative estimate of drug-likeness (QED) is 0.576. The minimum Gasteiger partial charge on any atom is -0.293 e. The third-order valence-electron chi connectivity index (χ3n) is 1.77. The molecule has 0 fully saturated rings. The lowest BCUT2D eigenvalue weighted by atomic mass is 10.1. The molecule has 0 aliphatic carbocycles. The molecule has 1 aromatic carbocycles. The summed E-state index contributed by atoms with van der Waals surface area (Å²) < 4.78 is 0. The molecule has 0 radical (unpaired) electrons. The van der Waals surface area contributed by atoms with Crippen molar-refractivity contribution in [1.29, 1.82) is 5.26 Å². The summed E-state index contributed by atoms with van der Waals surface area (Å²) in [5.74, 6) is 0. The summed E-state index contributed by atoms with van der Waals surface area (Å²) in [6.45, 7) is 1.95. The van der Waals surface area contributed by atoms with E-state index in [2.05, 4.69) is 11.1 Å². The van der Waals surface area contributed by atoms with Crippen LogP contribution >= 0.6 is 0 Å². The van der Waals surface area contributed by atoms with Crippen LogP contribution in [-0.2, 0) is 0 Å². The van der Waals surface area contributed by atoms with Gasteiger partial charge in [0, 0.05) is 12.8 Å². The van der Waals surface area contributed by atoms with Crippen LogP contribution in [0.5, 0.6) is 0 Å². The van der Waals surface area contributed by atoms with Crippen molar-refractivity contribution in [3.63, 3.8) is 0 Å². The molecule has 0 spiro atoms. The molecule has 1 rings (SSSR count). The van der Waals surface area contributed by atoms with Crippen LogP contribution in [0.4, 0.5) is 0 Å². The van der Waals surface area contributed by atoms with Gasteiger partial charge in [-0.25, -0.2) is 0 Å². The van der Waals surface area contributed by atoms with Crippen LogP contribution < -0.4 is 0 Å². The second-order valence-corrected chi connectivity index (χ2v) is 2.50. The SMILES string of the molecule is CN=C(C)c1ccc(C#N)cc1. The highest BCUT2D eigenvalue weighted by Gasteiger charge is 1.95. The van der Waals surface area contributed by atoms with Crippen molar-refractivity contribution in [1.82, 2.24) is 0 Å². The minimum atomic E-state index is 0.683. The van der Waals surface area contributed by atoms with Crippen molar-refractivity contribution in [2.24, 2.45) is 4.99 Å². The summed E-state index contributed by atoms with van der Waals surface area (Å²) in [6, 6.07) is 9.47. The van der Waals surface area contributed by atoms with Crippen molar-refractivity contribution < 1.29 is 0 Å². The van der Waals surface area contributed by atoms with Gasteiger partial charge in [0.2, 0.25) is 0 Å². The maximum Gasteiger partial charge on any atom is 0.0991 e. The third kappa shape index (κ3) is 1.70. The molecule has 0 amide bonds. The predicted octanol–water partition coefficient (Wildman–Crippen LogP) is 2.00. The first-order chi connectivity index (χ1) is 5.77. The standard InChI is InChI=1S/C10H10N2/c1-8(12-2)10-5-3-9(7-11)4-6-10/h3-6H,1-2H3. The molecule has 0 saturated carbocycles. The van der Waals surface area contributed by atoms with Crippen LogP contribution in [0.3, 0.4) is 0 Å². The molecule has 12 heavy (non-hydrogen) atoms. The summed E-state index contributed by atoms with van der Waals surface area (Å²) in [5.41, 5.74) is 2.73. The first kappa shape index (κ1) is 8.48. The Morgan fingerprint density at radius 3 is 2.33 bits per heavy atom. The molecule has 0 aromatic heterocycles. The monoisotopic (exact) mass is 158 g/mol. The van der Waals surface area contributed by atoms with Gasteiger partial charge in [0.25, 0.3) is 0 Å². The summed E-state index contributed by atoms with van der Waals surface area (Å²) in [6.07, 6.45) is 0.